The topological polar surface area (TPSA) is 47.0 Å². The Balaban J connectivity index is 2.30. The van der Waals surface area contributed by atoms with Gasteiger partial charge in [-0.3, -0.25) is 0 Å². The van der Waals surface area contributed by atoms with Gasteiger partial charge in [-0.25, -0.2) is 9.97 Å². The predicted octanol–water partition coefficient (Wildman–Crippen LogP) is 3.83. The molecule has 4 nitrogen and oxygen atoms in total. The minimum absolute atomic E-state index is 0.631. The molecule has 0 bridgehead atoms. The third-order valence-corrected chi connectivity index (χ3v) is 3.12. The van der Waals surface area contributed by atoms with Crippen molar-refractivity contribution in [2.24, 2.45) is 0 Å². The van der Waals surface area contributed by atoms with Crippen molar-refractivity contribution in [3.8, 4) is 11.6 Å². The van der Waals surface area contributed by atoms with Crippen molar-refractivity contribution in [1.29, 1.82) is 0 Å². The number of hydrogen-bond acceptors (Lipinski definition) is 4. The van der Waals surface area contributed by atoms with Crippen LogP contribution in [0.25, 0.3) is 0 Å². The van der Waals surface area contributed by atoms with Crippen LogP contribution in [0.3, 0.4) is 0 Å². The largest absolute Gasteiger partial charge is 0.439 e. The van der Waals surface area contributed by atoms with E-state index in [0.717, 1.165) is 36.5 Å². The highest BCUT2D eigenvalue weighted by Crippen LogP contribution is 2.27. The zero-order valence-electron chi connectivity index (χ0n) is 12.3. The Bertz CT molecular complexity index is 569. The van der Waals surface area contributed by atoms with E-state index in [1.165, 1.54) is 11.9 Å². The van der Waals surface area contributed by atoms with E-state index < -0.39 is 0 Å². The molecule has 1 aromatic carbocycles. The van der Waals surface area contributed by atoms with Gasteiger partial charge in [-0.1, -0.05) is 26.0 Å². The fourth-order valence-electron chi connectivity index (χ4n) is 2.06. The summed E-state index contributed by atoms with van der Waals surface area (Å²) in [5, 5.41) is 3.24. The molecule has 1 N–H and O–H groups in total. The fraction of sp³-hybridized carbons (Fsp3) is 0.375. The first kappa shape index (κ1) is 14.3. The number of nitrogens with zero attached hydrogens (tertiary/aromatic N) is 2. The smallest absolute Gasteiger partial charge is 0.227 e. The van der Waals surface area contributed by atoms with Crippen LogP contribution in [0.15, 0.2) is 30.6 Å². The highest BCUT2D eigenvalue weighted by atomic mass is 16.5. The lowest BCUT2D eigenvalue weighted by atomic mass is 10.1. The van der Waals surface area contributed by atoms with Gasteiger partial charge in [0.05, 0.1) is 5.56 Å². The summed E-state index contributed by atoms with van der Waals surface area (Å²) in [5.41, 5.74) is 2.26. The Morgan fingerprint density at radius 3 is 2.65 bits per heavy atom. The molecule has 0 atom stereocenters. The third-order valence-electron chi connectivity index (χ3n) is 3.12. The van der Waals surface area contributed by atoms with Crippen LogP contribution in [0.1, 0.15) is 31.9 Å². The first-order valence-corrected chi connectivity index (χ1v) is 7.13. The maximum atomic E-state index is 5.94. The molecule has 0 aliphatic rings. The molecule has 1 aromatic heterocycles. The van der Waals surface area contributed by atoms with E-state index in [2.05, 4.69) is 41.3 Å². The maximum Gasteiger partial charge on any atom is 0.227 e. The van der Waals surface area contributed by atoms with Crippen LogP contribution in [0.5, 0.6) is 11.6 Å². The zero-order chi connectivity index (χ0) is 14.4. The van der Waals surface area contributed by atoms with Crippen molar-refractivity contribution in [3.05, 3.63) is 41.7 Å². The Labute approximate surface area is 120 Å². The van der Waals surface area contributed by atoms with Crippen LogP contribution in [0.4, 0.5) is 5.82 Å². The lowest BCUT2D eigenvalue weighted by Crippen LogP contribution is -2.05. The average molecular weight is 271 g/mol. The minimum atomic E-state index is 0.631. The van der Waals surface area contributed by atoms with Crippen molar-refractivity contribution in [2.75, 3.05) is 11.9 Å². The quantitative estimate of drug-likeness (QED) is 0.867. The van der Waals surface area contributed by atoms with Gasteiger partial charge < -0.3 is 10.1 Å². The van der Waals surface area contributed by atoms with Crippen molar-refractivity contribution < 1.29 is 4.74 Å². The maximum absolute atomic E-state index is 5.94. The molecule has 0 aliphatic heterocycles. The number of rotatable bonds is 6. The second-order valence-corrected chi connectivity index (χ2v) is 4.49. The Morgan fingerprint density at radius 2 is 1.95 bits per heavy atom. The molecular formula is C16H21N3O. The predicted molar refractivity (Wildman–Crippen MR) is 81.5 cm³/mol. The first-order valence-electron chi connectivity index (χ1n) is 7.13. The van der Waals surface area contributed by atoms with Gasteiger partial charge in [0.2, 0.25) is 5.88 Å². The second-order valence-electron chi connectivity index (χ2n) is 4.49. The zero-order valence-corrected chi connectivity index (χ0v) is 12.3. The standard InChI is InChI=1S/C16H21N3O/c1-4-12-8-7-9-13(10-12)20-16-14(5-2)15(17-6-3)18-11-19-16/h7-11H,4-6H2,1-3H3,(H,17,18,19). The van der Waals surface area contributed by atoms with Crippen molar-refractivity contribution in [2.45, 2.75) is 33.6 Å². The molecule has 106 valence electrons. The van der Waals surface area contributed by atoms with E-state index in [0.29, 0.717) is 5.88 Å². The van der Waals surface area contributed by atoms with E-state index in [4.69, 9.17) is 4.74 Å². The van der Waals surface area contributed by atoms with Crippen LogP contribution < -0.4 is 10.1 Å². The highest BCUT2D eigenvalue weighted by Gasteiger charge is 2.11. The third kappa shape index (κ3) is 3.26. The van der Waals surface area contributed by atoms with Crippen LogP contribution in [0, 0.1) is 0 Å². The average Bonchev–Trinajstić information content (AvgIpc) is 2.48. The summed E-state index contributed by atoms with van der Waals surface area (Å²) >= 11 is 0. The molecule has 20 heavy (non-hydrogen) atoms. The number of aryl methyl sites for hydroxylation is 1. The van der Waals surface area contributed by atoms with Gasteiger partial charge in [0.25, 0.3) is 0 Å². The summed E-state index contributed by atoms with van der Waals surface area (Å²) in [5.74, 6) is 2.30. The molecule has 2 rings (SSSR count). The molecule has 0 fully saturated rings. The summed E-state index contributed by atoms with van der Waals surface area (Å²) in [4.78, 5) is 8.54. The molecule has 0 spiro atoms. The number of aromatic nitrogens is 2. The van der Waals surface area contributed by atoms with Gasteiger partial charge in [-0.05, 0) is 37.5 Å². The number of nitrogens with one attached hydrogen (secondary N) is 1. The molecule has 4 heteroatoms. The van der Waals surface area contributed by atoms with E-state index in [1.54, 1.807) is 0 Å². The Kier molecular flexibility index (Phi) is 4.93. The molecule has 0 amide bonds. The van der Waals surface area contributed by atoms with E-state index in [9.17, 15) is 0 Å². The fourth-order valence-corrected chi connectivity index (χ4v) is 2.06. The van der Waals surface area contributed by atoms with Crippen LogP contribution in [0.2, 0.25) is 0 Å². The van der Waals surface area contributed by atoms with E-state index in [-0.39, 0.29) is 0 Å². The molecule has 0 saturated carbocycles. The van der Waals surface area contributed by atoms with Gasteiger partial charge >= 0.3 is 0 Å². The van der Waals surface area contributed by atoms with Crippen molar-refractivity contribution in [3.63, 3.8) is 0 Å². The molecule has 0 saturated heterocycles. The van der Waals surface area contributed by atoms with Crippen molar-refractivity contribution in [1.82, 2.24) is 9.97 Å². The van der Waals surface area contributed by atoms with E-state index in [1.807, 2.05) is 19.1 Å². The minimum Gasteiger partial charge on any atom is -0.439 e. The number of benzene rings is 1. The Hall–Kier alpha value is -2.10. The van der Waals surface area contributed by atoms with Crippen LogP contribution in [-0.2, 0) is 12.8 Å². The molecule has 0 unspecified atom stereocenters. The molecular weight excluding hydrogens is 250 g/mol. The summed E-state index contributed by atoms with van der Waals surface area (Å²) in [7, 11) is 0. The second kappa shape index (κ2) is 6.89. The lowest BCUT2D eigenvalue weighted by Gasteiger charge is -2.13. The summed E-state index contributed by atoms with van der Waals surface area (Å²) in [6.45, 7) is 7.08. The van der Waals surface area contributed by atoms with Gasteiger partial charge in [0, 0.05) is 6.54 Å². The monoisotopic (exact) mass is 271 g/mol. The van der Waals surface area contributed by atoms with E-state index >= 15 is 0 Å². The summed E-state index contributed by atoms with van der Waals surface area (Å²) in [6.07, 6.45) is 3.35. The highest BCUT2D eigenvalue weighted by molar-refractivity contribution is 5.49. The van der Waals surface area contributed by atoms with Crippen molar-refractivity contribution >= 4 is 5.82 Å². The van der Waals surface area contributed by atoms with Gasteiger partial charge in [-0.15, -0.1) is 0 Å². The molecule has 2 aromatic rings. The van der Waals surface area contributed by atoms with Crippen LogP contribution >= 0.6 is 0 Å². The van der Waals surface area contributed by atoms with Gasteiger partial charge in [-0.2, -0.15) is 0 Å². The SMILES string of the molecule is CCNc1ncnc(Oc2cccc(CC)c2)c1CC. The first-order chi connectivity index (χ1) is 9.78. The Morgan fingerprint density at radius 1 is 1.10 bits per heavy atom. The van der Waals surface area contributed by atoms with Gasteiger partial charge in [0.15, 0.2) is 0 Å². The number of anilines is 1. The lowest BCUT2D eigenvalue weighted by molar-refractivity contribution is 0.455. The molecule has 0 aliphatic carbocycles. The van der Waals surface area contributed by atoms with Gasteiger partial charge in [0.1, 0.15) is 17.9 Å². The molecule has 0 radical (unpaired) electrons. The summed E-state index contributed by atoms with van der Waals surface area (Å²) < 4.78 is 5.94. The number of ether oxygens (including phenoxy) is 1. The van der Waals surface area contributed by atoms with Crippen LogP contribution in [-0.4, -0.2) is 16.5 Å². The molecule has 1 heterocycles. The number of hydrogen-bond donors (Lipinski definition) is 1. The summed E-state index contributed by atoms with van der Waals surface area (Å²) in [6, 6.07) is 8.10. The normalized spacial score (nSPS) is 10.3.